The minimum atomic E-state index is -2.42. The van der Waals surface area contributed by atoms with Crippen molar-refractivity contribution in [2.45, 2.75) is 48.1 Å². The number of allylic oxidation sites excluding steroid dienone is 6. The van der Waals surface area contributed by atoms with E-state index < -0.39 is 38.1 Å². The molecule has 0 saturated heterocycles. The monoisotopic (exact) mass is 346 g/mol. The van der Waals surface area contributed by atoms with E-state index in [1.807, 2.05) is 0 Å². The Morgan fingerprint density at radius 1 is 0.700 bits per heavy atom. The second-order valence-corrected chi connectivity index (χ2v) is 14.5. The SMILES string of the molecule is CC=C(C)[SiH2]O[Si](C)(O[SiH2]C(C)=CC)O[SiH2]C(C)=CC. The van der Waals surface area contributed by atoms with Gasteiger partial charge in [0.25, 0.3) is 0 Å². The molecule has 7 heteroatoms. The second-order valence-electron chi connectivity index (χ2n) is 5.13. The largest absolute Gasteiger partial charge is 0.465 e. The molecule has 0 spiro atoms. The first-order chi connectivity index (χ1) is 9.36. The lowest BCUT2D eigenvalue weighted by atomic mass is 10.6. The Bertz CT molecular complexity index is 323. The fourth-order valence-electron chi connectivity index (χ4n) is 1.11. The molecule has 0 heterocycles. The summed E-state index contributed by atoms with van der Waals surface area (Å²) in [5.41, 5.74) is 0. The van der Waals surface area contributed by atoms with Crippen LogP contribution in [0.3, 0.4) is 0 Å². The molecule has 20 heavy (non-hydrogen) atoms. The average molecular weight is 347 g/mol. The lowest BCUT2D eigenvalue weighted by Gasteiger charge is -2.28. The van der Waals surface area contributed by atoms with E-state index in [1.165, 1.54) is 15.6 Å². The molecule has 0 aromatic carbocycles. The van der Waals surface area contributed by atoms with Crippen molar-refractivity contribution < 1.29 is 12.3 Å². The summed E-state index contributed by atoms with van der Waals surface area (Å²) in [6.07, 6.45) is 6.39. The predicted octanol–water partition coefficient (Wildman–Crippen LogP) is 1.63. The van der Waals surface area contributed by atoms with Crippen molar-refractivity contribution in [1.29, 1.82) is 0 Å². The van der Waals surface area contributed by atoms with Crippen LogP contribution in [0, 0.1) is 0 Å². The zero-order valence-corrected chi connectivity index (χ0v) is 19.3. The third-order valence-corrected chi connectivity index (χ3v) is 13.8. The van der Waals surface area contributed by atoms with Crippen molar-refractivity contribution in [1.82, 2.24) is 0 Å². The Kier molecular flexibility index (Phi) is 10.6. The molecule has 0 aromatic heterocycles. The van der Waals surface area contributed by atoms with Gasteiger partial charge in [0.15, 0.2) is 29.3 Å². The van der Waals surface area contributed by atoms with Gasteiger partial charge < -0.3 is 12.3 Å². The molecule has 0 rings (SSSR count). The summed E-state index contributed by atoms with van der Waals surface area (Å²) in [4.78, 5) is 0. The molecular formula is C13H30O3Si4. The third-order valence-electron chi connectivity index (χ3n) is 3.16. The van der Waals surface area contributed by atoms with Gasteiger partial charge >= 0.3 is 8.80 Å². The van der Waals surface area contributed by atoms with Crippen LogP contribution in [0.4, 0.5) is 0 Å². The number of hydrogen-bond acceptors (Lipinski definition) is 3. The molecule has 0 aliphatic heterocycles. The van der Waals surface area contributed by atoms with Crippen LogP contribution in [0.2, 0.25) is 6.55 Å². The first-order valence-electron chi connectivity index (χ1n) is 7.14. The lowest BCUT2D eigenvalue weighted by molar-refractivity contribution is 0.295. The molecule has 0 bridgehead atoms. The minimum absolute atomic E-state index is 0.692. The molecule has 0 amide bonds. The highest BCUT2D eigenvalue weighted by molar-refractivity contribution is 6.74. The zero-order chi connectivity index (χ0) is 15.6. The van der Waals surface area contributed by atoms with Crippen LogP contribution in [-0.2, 0) is 12.3 Å². The normalized spacial score (nSPS) is 19.1. The highest BCUT2D eigenvalue weighted by atomic mass is 28.5. The molecule has 0 aliphatic rings. The van der Waals surface area contributed by atoms with Crippen molar-refractivity contribution in [3.63, 3.8) is 0 Å². The highest BCUT2D eigenvalue weighted by Crippen LogP contribution is 2.11. The fourth-order valence-corrected chi connectivity index (χ4v) is 10.7. The van der Waals surface area contributed by atoms with Crippen LogP contribution in [0.25, 0.3) is 0 Å². The van der Waals surface area contributed by atoms with Crippen LogP contribution in [-0.4, -0.2) is 38.1 Å². The van der Waals surface area contributed by atoms with E-state index in [2.05, 4.69) is 66.3 Å². The molecule has 0 radical (unpaired) electrons. The molecule has 3 nitrogen and oxygen atoms in total. The maximum absolute atomic E-state index is 6.15. The summed E-state index contributed by atoms with van der Waals surface area (Å²) < 4.78 is 18.5. The molecular weight excluding hydrogens is 316 g/mol. The Labute approximate surface area is 132 Å². The summed E-state index contributed by atoms with van der Waals surface area (Å²) >= 11 is 0. The predicted molar refractivity (Wildman–Crippen MR) is 98.8 cm³/mol. The van der Waals surface area contributed by atoms with Gasteiger partial charge in [0.2, 0.25) is 0 Å². The smallest absolute Gasteiger partial charge is 0.418 e. The molecule has 116 valence electrons. The summed E-state index contributed by atoms with van der Waals surface area (Å²) in [6.45, 7) is 14.6. The van der Waals surface area contributed by atoms with E-state index in [9.17, 15) is 0 Å². The van der Waals surface area contributed by atoms with E-state index >= 15 is 0 Å². The van der Waals surface area contributed by atoms with E-state index in [-0.39, 0.29) is 0 Å². The van der Waals surface area contributed by atoms with Crippen molar-refractivity contribution in [3.05, 3.63) is 33.8 Å². The van der Waals surface area contributed by atoms with Gasteiger partial charge in [-0.1, -0.05) is 33.8 Å². The highest BCUT2D eigenvalue weighted by Gasteiger charge is 2.33. The van der Waals surface area contributed by atoms with Crippen molar-refractivity contribution >= 4 is 38.1 Å². The lowest BCUT2D eigenvalue weighted by Crippen LogP contribution is -2.46. The van der Waals surface area contributed by atoms with Crippen molar-refractivity contribution in [3.8, 4) is 0 Å². The van der Waals surface area contributed by atoms with Gasteiger partial charge in [-0.2, -0.15) is 0 Å². The van der Waals surface area contributed by atoms with Gasteiger partial charge in [-0.3, -0.25) is 0 Å². The van der Waals surface area contributed by atoms with E-state index in [0.717, 1.165) is 0 Å². The standard InChI is InChI=1S/C13H30O3Si4/c1-8-11(4)17-14-20(7,15-18-12(5)9-2)16-19-13(6)10-3/h8-10H,17-19H2,1-7H3. The van der Waals surface area contributed by atoms with E-state index in [0.29, 0.717) is 0 Å². The summed E-state index contributed by atoms with van der Waals surface area (Å²) in [5.74, 6) is 0. The van der Waals surface area contributed by atoms with Crippen LogP contribution in [0.15, 0.2) is 33.8 Å². The summed E-state index contributed by atoms with van der Waals surface area (Å²) in [7, 11) is -4.50. The molecule has 0 fully saturated rings. The van der Waals surface area contributed by atoms with Gasteiger partial charge in [0.05, 0.1) is 0 Å². The Balaban J connectivity index is 4.64. The molecule has 0 N–H and O–H groups in total. The van der Waals surface area contributed by atoms with E-state index in [4.69, 9.17) is 12.3 Å². The third kappa shape index (κ3) is 9.00. The number of rotatable bonds is 9. The topological polar surface area (TPSA) is 27.7 Å². The second kappa shape index (κ2) is 10.7. The van der Waals surface area contributed by atoms with Gasteiger partial charge in [-0.25, -0.2) is 0 Å². The first kappa shape index (κ1) is 20.0. The molecule has 0 unspecified atom stereocenters. The molecule has 0 aromatic rings. The van der Waals surface area contributed by atoms with Crippen molar-refractivity contribution in [2.75, 3.05) is 0 Å². The summed E-state index contributed by atoms with van der Waals surface area (Å²) in [5, 5.41) is 4.05. The average Bonchev–Trinajstić information content (AvgIpc) is 2.47. The van der Waals surface area contributed by atoms with Gasteiger partial charge in [-0.15, -0.1) is 0 Å². The maximum Gasteiger partial charge on any atom is 0.465 e. The zero-order valence-electron chi connectivity index (χ0n) is 14.1. The molecule has 0 aliphatic carbocycles. The molecule has 0 atom stereocenters. The fraction of sp³-hybridized carbons (Fsp3) is 0.538. The molecule has 0 saturated carbocycles. The van der Waals surface area contributed by atoms with Crippen LogP contribution in [0.5, 0.6) is 0 Å². The maximum atomic E-state index is 6.15. The first-order valence-corrected chi connectivity index (χ1v) is 13.2. The van der Waals surface area contributed by atoms with E-state index in [1.54, 1.807) is 0 Å². The van der Waals surface area contributed by atoms with Crippen molar-refractivity contribution in [2.24, 2.45) is 0 Å². The van der Waals surface area contributed by atoms with Crippen LogP contribution in [0.1, 0.15) is 41.5 Å². The van der Waals surface area contributed by atoms with Crippen LogP contribution < -0.4 is 0 Å². The van der Waals surface area contributed by atoms with Gasteiger partial charge in [0.1, 0.15) is 0 Å². The quantitative estimate of drug-likeness (QED) is 0.594. The van der Waals surface area contributed by atoms with Gasteiger partial charge in [-0.05, 0) is 41.5 Å². The Morgan fingerprint density at radius 3 is 1.15 bits per heavy atom. The minimum Gasteiger partial charge on any atom is -0.418 e. The van der Waals surface area contributed by atoms with Gasteiger partial charge in [0, 0.05) is 6.55 Å². The Hall–Kier alpha value is -0.0325. The van der Waals surface area contributed by atoms with Crippen LogP contribution >= 0.6 is 0 Å². The Morgan fingerprint density at radius 2 is 0.950 bits per heavy atom. The number of hydrogen-bond donors (Lipinski definition) is 0. The summed E-state index contributed by atoms with van der Waals surface area (Å²) in [6, 6.07) is 0.